The average molecular weight is 363 g/mol. The fourth-order valence-corrected chi connectivity index (χ4v) is 3.27. The Labute approximate surface area is 154 Å². The van der Waals surface area contributed by atoms with Crippen LogP contribution in [0.2, 0.25) is 0 Å². The predicted octanol–water partition coefficient (Wildman–Crippen LogP) is 6.30. The molecule has 2 atom stereocenters. The molecule has 2 N–H and O–H groups in total. The highest BCUT2D eigenvalue weighted by molar-refractivity contribution is 6.20. The molecule has 2 unspecified atom stereocenters. The highest BCUT2D eigenvalue weighted by atomic mass is 35.5. The van der Waals surface area contributed by atoms with Crippen molar-refractivity contribution < 1.29 is 15.0 Å². The molecule has 0 fully saturated rings. The molecule has 0 saturated heterocycles. The Morgan fingerprint density at radius 1 is 0.750 bits per heavy atom. The molecule has 0 saturated carbocycles. The minimum Gasteiger partial charge on any atom is -0.479 e. The van der Waals surface area contributed by atoms with Crippen molar-refractivity contribution in [3.05, 3.63) is 0 Å². The molecule has 0 aromatic heterocycles. The van der Waals surface area contributed by atoms with Gasteiger partial charge < -0.3 is 10.2 Å². The van der Waals surface area contributed by atoms with Crippen molar-refractivity contribution >= 4 is 17.6 Å². The monoisotopic (exact) mass is 362 g/mol. The average Bonchev–Trinajstić information content (AvgIpc) is 2.56. The van der Waals surface area contributed by atoms with Gasteiger partial charge in [0.2, 0.25) is 0 Å². The molecule has 0 spiro atoms. The van der Waals surface area contributed by atoms with Crippen molar-refractivity contribution in [2.75, 3.05) is 0 Å². The third-order valence-electron chi connectivity index (χ3n) is 4.66. The Morgan fingerprint density at radius 2 is 1.17 bits per heavy atom. The molecule has 4 heteroatoms. The molecule has 3 nitrogen and oxygen atoms in total. The van der Waals surface area contributed by atoms with E-state index in [4.69, 9.17) is 16.7 Å². The molecular weight excluding hydrogens is 324 g/mol. The van der Waals surface area contributed by atoms with Gasteiger partial charge in [-0.2, -0.15) is 0 Å². The van der Waals surface area contributed by atoms with Crippen LogP contribution in [0, 0.1) is 0 Å². The summed E-state index contributed by atoms with van der Waals surface area (Å²) in [7, 11) is 0. The maximum Gasteiger partial charge on any atom is 0.332 e. The van der Waals surface area contributed by atoms with E-state index in [0.29, 0.717) is 6.42 Å². The first-order valence-electron chi connectivity index (χ1n) is 10.1. The van der Waals surface area contributed by atoms with Crippen LogP contribution in [0.25, 0.3) is 0 Å². The summed E-state index contributed by atoms with van der Waals surface area (Å²) in [5, 5.41) is 17.8. The first-order valence-corrected chi connectivity index (χ1v) is 10.6. The van der Waals surface area contributed by atoms with Gasteiger partial charge >= 0.3 is 5.97 Å². The van der Waals surface area contributed by atoms with Crippen LogP contribution in [0.5, 0.6) is 0 Å². The van der Waals surface area contributed by atoms with Gasteiger partial charge in [-0.1, -0.05) is 90.4 Å². The lowest BCUT2D eigenvalue weighted by Crippen LogP contribution is -2.20. The quantitative estimate of drug-likeness (QED) is 0.222. The molecule has 0 aromatic carbocycles. The van der Waals surface area contributed by atoms with Crippen LogP contribution in [0.3, 0.4) is 0 Å². The summed E-state index contributed by atoms with van der Waals surface area (Å²) < 4.78 is 0. The minimum atomic E-state index is -1.27. The van der Waals surface area contributed by atoms with Gasteiger partial charge in [-0.15, -0.1) is 11.6 Å². The summed E-state index contributed by atoms with van der Waals surface area (Å²) in [6.07, 6.45) is 17.9. The topological polar surface area (TPSA) is 57.5 Å². The molecule has 0 bridgehead atoms. The van der Waals surface area contributed by atoms with Crippen LogP contribution >= 0.6 is 11.6 Å². The fraction of sp³-hybridized carbons (Fsp3) is 0.950. The highest BCUT2D eigenvalue weighted by Gasteiger charge is 2.15. The molecule has 0 aliphatic rings. The number of hydrogen-bond acceptors (Lipinski definition) is 2. The van der Waals surface area contributed by atoms with Crippen molar-refractivity contribution in [2.24, 2.45) is 0 Å². The Balaban J connectivity index is 3.20. The number of rotatable bonds is 18. The highest BCUT2D eigenvalue weighted by Crippen LogP contribution is 2.17. The molecule has 0 aliphatic heterocycles. The third kappa shape index (κ3) is 16.6. The summed E-state index contributed by atoms with van der Waals surface area (Å²) in [6.45, 7) is 2.26. The van der Waals surface area contributed by atoms with E-state index in [1.165, 1.54) is 77.0 Å². The second-order valence-electron chi connectivity index (χ2n) is 7.06. The lowest BCUT2D eigenvalue weighted by molar-refractivity contribution is -0.146. The number of carbonyl (C=O) groups is 1. The lowest BCUT2D eigenvalue weighted by atomic mass is 10.0. The SMILES string of the molecule is CCCCCCCCCCCCCCCC(Cl)CCC(O)C(=O)O. The number of hydrogen-bond donors (Lipinski definition) is 2. The van der Waals surface area contributed by atoms with Gasteiger partial charge in [-0.3, -0.25) is 0 Å². The molecule has 0 aromatic rings. The predicted molar refractivity (Wildman–Crippen MR) is 103 cm³/mol. The van der Waals surface area contributed by atoms with Gasteiger partial charge in [0.05, 0.1) is 0 Å². The number of unbranched alkanes of at least 4 members (excludes halogenated alkanes) is 12. The molecule has 0 rings (SSSR count). The molecule has 0 aliphatic carbocycles. The standard InChI is InChI=1S/C20H39ClO3/c1-2-3-4-5-6-7-8-9-10-11-12-13-14-15-18(21)16-17-19(22)20(23)24/h18-19,22H,2-17H2,1H3,(H,23,24). The Kier molecular flexibility index (Phi) is 17.3. The largest absolute Gasteiger partial charge is 0.479 e. The molecule has 0 amide bonds. The van der Waals surface area contributed by atoms with Crippen LogP contribution in [0.4, 0.5) is 0 Å². The van der Waals surface area contributed by atoms with Crippen molar-refractivity contribution in [3.8, 4) is 0 Å². The summed E-state index contributed by atoms with van der Waals surface area (Å²) >= 11 is 6.17. The Hall–Kier alpha value is -0.280. The molecule has 144 valence electrons. The van der Waals surface area contributed by atoms with E-state index in [1.54, 1.807) is 0 Å². The smallest absolute Gasteiger partial charge is 0.332 e. The van der Waals surface area contributed by atoms with Crippen molar-refractivity contribution in [2.45, 2.75) is 121 Å². The number of aliphatic hydroxyl groups excluding tert-OH is 1. The van der Waals surface area contributed by atoms with Gasteiger partial charge in [0.1, 0.15) is 0 Å². The van der Waals surface area contributed by atoms with Crippen LogP contribution < -0.4 is 0 Å². The molecule has 24 heavy (non-hydrogen) atoms. The number of carboxylic acid groups (broad SMARTS) is 1. The van der Waals surface area contributed by atoms with Crippen molar-refractivity contribution in [3.63, 3.8) is 0 Å². The summed E-state index contributed by atoms with van der Waals surface area (Å²) in [5.41, 5.74) is 0. The minimum absolute atomic E-state index is 0.00768. The zero-order valence-corrected chi connectivity index (χ0v) is 16.4. The van der Waals surface area contributed by atoms with Crippen LogP contribution in [0.1, 0.15) is 110 Å². The first-order chi connectivity index (χ1) is 11.6. The number of halogens is 1. The number of aliphatic hydroxyl groups is 1. The van der Waals surface area contributed by atoms with E-state index in [1.807, 2.05) is 0 Å². The van der Waals surface area contributed by atoms with Gasteiger partial charge in [-0.05, 0) is 19.3 Å². The van der Waals surface area contributed by atoms with E-state index in [9.17, 15) is 9.90 Å². The summed E-state index contributed by atoms with van der Waals surface area (Å²) in [6, 6.07) is 0. The Morgan fingerprint density at radius 3 is 1.58 bits per heavy atom. The third-order valence-corrected chi connectivity index (χ3v) is 5.10. The van der Waals surface area contributed by atoms with Crippen molar-refractivity contribution in [1.82, 2.24) is 0 Å². The normalized spacial score (nSPS) is 13.8. The second kappa shape index (κ2) is 17.5. The zero-order chi connectivity index (χ0) is 18.0. The Bertz CT molecular complexity index is 284. The number of aliphatic carboxylic acids is 1. The van der Waals surface area contributed by atoms with Crippen LogP contribution in [-0.2, 0) is 4.79 Å². The van der Waals surface area contributed by atoms with E-state index in [0.717, 1.165) is 12.8 Å². The van der Waals surface area contributed by atoms with Crippen molar-refractivity contribution in [1.29, 1.82) is 0 Å². The first kappa shape index (κ1) is 23.7. The maximum absolute atomic E-state index is 10.5. The molecule has 0 heterocycles. The van der Waals surface area contributed by atoms with E-state index in [-0.39, 0.29) is 11.8 Å². The van der Waals surface area contributed by atoms with Gasteiger partial charge in [-0.25, -0.2) is 4.79 Å². The van der Waals surface area contributed by atoms with E-state index in [2.05, 4.69) is 6.92 Å². The number of alkyl halides is 1. The van der Waals surface area contributed by atoms with Crippen LogP contribution in [0.15, 0.2) is 0 Å². The van der Waals surface area contributed by atoms with E-state index < -0.39 is 12.1 Å². The van der Waals surface area contributed by atoms with Gasteiger partial charge in [0.25, 0.3) is 0 Å². The zero-order valence-electron chi connectivity index (χ0n) is 15.6. The molecule has 0 radical (unpaired) electrons. The maximum atomic E-state index is 10.5. The molecular formula is C20H39ClO3. The second-order valence-corrected chi connectivity index (χ2v) is 7.68. The van der Waals surface area contributed by atoms with E-state index >= 15 is 0 Å². The summed E-state index contributed by atoms with van der Waals surface area (Å²) in [4.78, 5) is 10.5. The lowest BCUT2D eigenvalue weighted by Gasteiger charge is -2.10. The van der Waals surface area contributed by atoms with Crippen LogP contribution in [-0.4, -0.2) is 27.7 Å². The number of carboxylic acids is 1. The van der Waals surface area contributed by atoms with Gasteiger partial charge in [0, 0.05) is 5.38 Å². The summed E-state index contributed by atoms with van der Waals surface area (Å²) in [5.74, 6) is -1.15. The van der Waals surface area contributed by atoms with Gasteiger partial charge in [0.15, 0.2) is 6.10 Å². The fourth-order valence-electron chi connectivity index (χ4n) is 2.99.